The Morgan fingerprint density at radius 2 is 1.95 bits per heavy atom. The van der Waals surface area contributed by atoms with Crippen LogP contribution < -0.4 is 5.32 Å². The molecule has 0 aliphatic heterocycles. The van der Waals surface area contributed by atoms with Gasteiger partial charge in [-0.1, -0.05) is 24.8 Å². The first-order chi connectivity index (χ1) is 9.09. The van der Waals surface area contributed by atoms with Gasteiger partial charge in [-0.2, -0.15) is 0 Å². The zero-order valence-corrected chi connectivity index (χ0v) is 10.9. The first kappa shape index (κ1) is 12.4. The number of allylic oxidation sites excluding steroid dienone is 1. The van der Waals surface area contributed by atoms with Crippen LogP contribution in [0.1, 0.15) is 37.2 Å². The van der Waals surface area contributed by atoms with Gasteiger partial charge in [0, 0.05) is 11.6 Å². The molecule has 0 heterocycles. The molecule has 2 saturated carbocycles. The van der Waals surface area contributed by atoms with Crippen LogP contribution in [-0.2, 0) is 4.79 Å². The molecule has 19 heavy (non-hydrogen) atoms. The highest BCUT2D eigenvalue weighted by Crippen LogP contribution is 2.43. The molecule has 0 radical (unpaired) electrons. The Morgan fingerprint density at radius 3 is 2.47 bits per heavy atom. The van der Waals surface area contributed by atoms with Gasteiger partial charge in [0.2, 0.25) is 5.91 Å². The summed E-state index contributed by atoms with van der Waals surface area (Å²) in [6.07, 6.45) is 4.36. The van der Waals surface area contributed by atoms with Crippen molar-refractivity contribution in [3.05, 3.63) is 42.5 Å². The third-order valence-electron chi connectivity index (χ3n) is 4.14. The molecule has 1 aromatic carbocycles. The molecule has 0 aromatic heterocycles. The van der Waals surface area contributed by atoms with Crippen molar-refractivity contribution in [1.29, 1.82) is 0 Å². The lowest BCUT2D eigenvalue weighted by molar-refractivity contribution is -0.126. The van der Waals surface area contributed by atoms with E-state index in [4.69, 9.17) is 0 Å². The van der Waals surface area contributed by atoms with E-state index in [0.29, 0.717) is 0 Å². The third kappa shape index (κ3) is 2.55. The molecule has 0 spiro atoms. The van der Waals surface area contributed by atoms with Gasteiger partial charge in [0.25, 0.3) is 0 Å². The molecule has 0 unspecified atom stereocenters. The van der Waals surface area contributed by atoms with Crippen molar-refractivity contribution in [3.8, 4) is 0 Å². The summed E-state index contributed by atoms with van der Waals surface area (Å²) >= 11 is 0. The molecule has 0 saturated heterocycles. The van der Waals surface area contributed by atoms with Gasteiger partial charge in [-0.3, -0.25) is 4.79 Å². The van der Waals surface area contributed by atoms with Gasteiger partial charge in [-0.25, -0.2) is 4.39 Å². The topological polar surface area (TPSA) is 29.1 Å². The summed E-state index contributed by atoms with van der Waals surface area (Å²) in [4.78, 5) is 11.9. The van der Waals surface area contributed by atoms with Crippen molar-refractivity contribution in [1.82, 2.24) is 0 Å². The number of benzene rings is 1. The van der Waals surface area contributed by atoms with Crippen LogP contribution in [0, 0.1) is 5.92 Å². The molecule has 1 aromatic rings. The second kappa shape index (κ2) is 4.48. The molecule has 2 aliphatic rings. The van der Waals surface area contributed by atoms with E-state index in [1.807, 2.05) is 12.1 Å². The number of nitrogens with one attached hydrogen (secondary N) is 1. The maximum Gasteiger partial charge on any atom is 0.227 e. The Balaban J connectivity index is 1.56. The van der Waals surface area contributed by atoms with E-state index in [9.17, 15) is 9.18 Å². The van der Waals surface area contributed by atoms with Crippen LogP contribution in [0.2, 0.25) is 0 Å². The number of halogens is 1. The zero-order chi connectivity index (χ0) is 13.5. The average Bonchev–Trinajstić information content (AvgIpc) is 3.20. The van der Waals surface area contributed by atoms with Crippen LogP contribution >= 0.6 is 0 Å². The van der Waals surface area contributed by atoms with E-state index < -0.39 is 5.67 Å². The smallest absolute Gasteiger partial charge is 0.227 e. The zero-order valence-electron chi connectivity index (χ0n) is 10.9. The van der Waals surface area contributed by atoms with E-state index >= 15 is 0 Å². The minimum absolute atomic E-state index is 0.0886. The Bertz CT molecular complexity index is 498. The van der Waals surface area contributed by atoms with Crippen molar-refractivity contribution in [2.45, 2.75) is 37.3 Å². The summed E-state index contributed by atoms with van der Waals surface area (Å²) in [5, 5.41) is 2.85. The van der Waals surface area contributed by atoms with Crippen molar-refractivity contribution >= 4 is 11.6 Å². The van der Waals surface area contributed by atoms with Gasteiger partial charge in [0.05, 0.1) is 0 Å². The standard InChI is InChI=1S/C16H18FNO/c1-2-16(17)9-13(10-16)15(19)18-14-7-5-12(6-8-14)11-3-4-11/h2,5-8,11,13H,1,3-4,9-10H2,(H,18,19). The molecule has 3 heteroatoms. The fourth-order valence-corrected chi connectivity index (χ4v) is 2.61. The summed E-state index contributed by atoms with van der Waals surface area (Å²) in [7, 11) is 0. The van der Waals surface area contributed by atoms with Gasteiger partial charge in [0.15, 0.2) is 0 Å². The summed E-state index contributed by atoms with van der Waals surface area (Å²) < 4.78 is 13.6. The Labute approximate surface area is 112 Å². The van der Waals surface area contributed by atoms with E-state index in [1.54, 1.807) is 0 Å². The van der Waals surface area contributed by atoms with E-state index in [2.05, 4.69) is 24.0 Å². The van der Waals surface area contributed by atoms with Crippen LogP contribution in [0.3, 0.4) is 0 Å². The van der Waals surface area contributed by atoms with Crippen molar-refractivity contribution < 1.29 is 9.18 Å². The molecule has 2 fully saturated rings. The van der Waals surface area contributed by atoms with Crippen molar-refractivity contribution in [2.24, 2.45) is 5.92 Å². The van der Waals surface area contributed by atoms with Gasteiger partial charge in [-0.15, -0.1) is 0 Å². The predicted molar refractivity (Wildman–Crippen MR) is 73.8 cm³/mol. The molecular formula is C16H18FNO. The second-order valence-electron chi connectivity index (χ2n) is 5.73. The summed E-state index contributed by atoms with van der Waals surface area (Å²) in [5.41, 5.74) is 0.804. The highest BCUT2D eigenvalue weighted by molar-refractivity contribution is 5.93. The molecule has 0 atom stereocenters. The van der Waals surface area contributed by atoms with E-state index in [1.165, 1.54) is 24.5 Å². The van der Waals surface area contributed by atoms with Gasteiger partial charge >= 0.3 is 0 Å². The van der Waals surface area contributed by atoms with Crippen molar-refractivity contribution in [3.63, 3.8) is 0 Å². The number of amides is 1. The first-order valence-electron chi connectivity index (χ1n) is 6.83. The SMILES string of the molecule is C=CC1(F)CC(C(=O)Nc2ccc(C3CC3)cc2)C1. The monoisotopic (exact) mass is 259 g/mol. The molecule has 2 aliphatic carbocycles. The van der Waals surface area contributed by atoms with Gasteiger partial charge < -0.3 is 5.32 Å². The fraction of sp³-hybridized carbons (Fsp3) is 0.438. The maximum absolute atomic E-state index is 13.6. The second-order valence-corrected chi connectivity index (χ2v) is 5.73. The van der Waals surface area contributed by atoms with Crippen LogP contribution in [0.25, 0.3) is 0 Å². The van der Waals surface area contributed by atoms with Crippen LogP contribution in [0.5, 0.6) is 0 Å². The van der Waals surface area contributed by atoms with Crippen LogP contribution in [-0.4, -0.2) is 11.6 Å². The summed E-state index contributed by atoms with van der Waals surface area (Å²) in [6, 6.07) is 8.00. The lowest BCUT2D eigenvalue weighted by Crippen LogP contribution is -2.44. The number of carbonyl (C=O) groups is 1. The molecule has 3 rings (SSSR count). The third-order valence-corrected chi connectivity index (χ3v) is 4.14. The van der Waals surface area contributed by atoms with Crippen LogP contribution in [0.4, 0.5) is 10.1 Å². The summed E-state index contributed by atoms with van der Waals surface area (Å²) in [6.45, 7) is 3.46. The molecule has 1 amide bonds. The van der Waals surface area contributed by atoms with Crippen LogP contribution in [0.15, 0.2) is 36.9 Å². The number of hydrogen-bond acceptors (Lipinski definition) is 1. The van der Waals surface area contributed by atoms with E-state index in [-0.39, 0.29) is 24.7 Å². The minimum Gasteiger partial charge on any atom is -0.326 e. The molecular weight excluding hydrogens is 241 g/mol. The molecule has 0 bridgehead atoms. The number of anilines is 1. The first-order valence-corrected chi connectivity index (χ1v) is 6.83. The van der Waals surface area contributed by atoms with Gasteiger partial charge in [0.1, 0.15) is 5.67 Å². The van der Waals surface area contributed by atoms with Gasteiger partial charge in [-0.05, 0) is 49.3 Å². The largest absolute Gasteiger partial charge is 0.326 e. The molecule has 1 N–H and O–H groups in total. The van der Waals surface area contributed by atoms with E-state index in [0.717, 1.165) is 11.6 Å². The molecule has 100 valence electrons. The molecule has 2 nitrogen and oxygen atoms in total. The number of rotatable bonds is 4. The summed E-state index contributed by atoms with van der Waals surface area (Å²) in [5.74, 6) is 0.400. The predicted octanol–water partition coefficient (Wildman–Crippen LogP) is 3.81. The number of carbonyl (C=O) groups excluding carboxylic acids is 1. The Hall–Kier alpha value is -1.64. The highest BCUT2D eigenvalue weighted by atomic mass is 19.1. The minimum atomic E-state index is -1.34. The highest BCUT2D eigenvalue weighted by Gasteiger charge is 2.45. The fourth-order valence-electron chi connectivity index (χ4n) is 2.61. The quantitative estimate of drug-likeness (QED) is 0.818. The normalized spacial score (nSPS) is 29.4. The maximum atomic E-state index is 13.6. The lowest BCUT2D eigenvalue weighted by atomic mass is 9.72. The number of hydrogen-bond donors (Lipinski definition) is 1. The average molecular weight is 259 g/mol. The lowest BCUT2D eigenvalue weighted by Gasteiger charge is -2.38. The Morgan fingerprint density at radius 1 is 1.32 bits per heavy atom. The number of alkyl halides is 1. The Kier molecular flexibility index (Phi) is 2.92. The van der Waals surface area contributed by atoms with Crippen molar-refractivity contribution in [2.75, 3.05) is 5.32 Å².